The van der Waals surface area contributed by atoms with E-state index in [1.165, 1.54) is 5.56 Å². The molecule has 0 radical (unpaired) electrons. The lowest BCUT2D eigenvalue weighted by Gasteiger charge is -2.00. The van der Waals surface area contributed by atoms with Crippen LogP contribution in [0.25, 0.3) is 11.5 Å². The molecule has 0 saturated carbocycles. The molecule has 0 amide bonds. The van der Waals surface area contributed by atoms with Gasteiger partial charge in [0, 0.05) is 12.0 Å². The molecule has 2 N–H and O–H groups in total. The molecule has 0 aliphatic carbocycles. The first-order valence-corrected chi connectivity index (χ1v) is 6.13. The lowest BCUT2D eigenvalue weighted by molar-refractivity contribution is 0.357. The van der Waals surface area contributed by atoms with E-state index in [1.807, 2.05) is 25.1 Å². The average molecular weight is 245 g/mol. The molecule has 3 rings (SSSR count). The predicted octanol–water partition coefficient (Wildman–Crippen LogP) is 2.08. The molecule has 1 aromatic carbocycles. The number of nitrogens with two attached hydrogens (primary N) is 1. The van der Waals surface area contributed by atoms with E-state index in [0.29, 0.717) is 11.7 Å². The van der Waals surface area contributed by atoms with Crippen molar-refractivity contribution in [2.45, 2.75) is 25.8 Å². The number of rotatable bonds is 3. The van der Waals surface area contributed by atoms with Crippen LogP contribution in [0.5, 0.6) is 5.75 Å². The quantitative estimate of drug-likeness (QED) is 0.896. The fourth-order valence-electron chi connectivity index (χ4n) is 2.00. The van der Waals surface area contributed by atoms with Crippen molar-refractivity contribution >= 4 is 0 Å². The lowest BCUT2D eigenvalue weighted by atomic mass is 10.1. The van der Waals surface area contributed by atoms with E-state index in [4.69, 9.17) is 15.0 Å². The number of benzene rings is 1. The minimum Gasteiger partial charge on any atom is -0.493 e. The summed E-state index contributed by atoms with van der Waals surface area (Å²) in [6.07, 6.45) is 1.72. The highest BCUT2D eigenvalue weighted by atomic mass is 16.5. The first kappa shape index (κ1) is 11.2. The molecular formula is C13H15N3O2. The fourth-order valence-corrected chi connectivity index (χ4v) is 2.00. The van der Waals surface area contributed by atoms with Gasteiger partial charge in [0.1, 0.15) is 5.75 Å². The Kier molecular flexibility index (Phi) is 2.76. The number of aromatic nitrogens is 2. The van der Waals surface area contributed by atoms with E-state index >= 15 is 0 Å². The Bertz CT molecular complexity index is 565. The first-order valence-electron chi connectivity index (χ1n) is 6.13. The number of nitrogens with zero attached hydrogens (tertiary/aromatic N) is 2. The van der Waals surface area contributed by atoms with Crippen LogP contribution < -0.4 is 10.5 Å². The maximum atomic E-state index is 5.87. The van der Waals surface area contributed by atoms with Crippen molar-refractivity contribution in [1.82, 2.24) is 10.1 Å². The van der Waals surface area contributed by atoms with Crippen molar-refractivity contribution in [2.24, 2.45) is 5.73 Å². The zero-order chi connectivity index (χ0) is 12.5. The van der Waals surface area contributed by atoms with Crippen molar-refractivity contribution in [1.29, 1.82) is 0 Å². The Morgan fingerprint density at radius 2 is 2.33 bits per heavy atom. The van der Waals surface area contributed by atoms with Crippen LogP contribution in [0.15, 0.2) is 22.7 Å². The second kappa shape index (κ2) is 4.42. The van der Waals surface area contributed by atoms with Gasteiger partial charge in [-0.15, -0.1) is 0 Å². The van der Waals surface area contributed by atoms with E-state index in [9.17, 15) is 0 Å². The molecular weight excluding hydrogens is 230 g/mol. The molecule has 2 heterocycles. The molecule has 0 fully saturated rings. The molecule has 18 heavy (non-hydrogen) atoms. The largest absolute Gasteiger partial charge is 0.493 e. The van der Waals surface area contributed by atoms with Gasteiger partial charge in [0.05, 0.1) is 12.6 Å². The molecule has 0 bridgehead atoms. The minimum absolute atomic E-state index is 0.166. The topological polar surface area (TPSA) is 74.2 Å². The van der Waals surface area contributed by atoms with Gasteiger partial charge in [0.25, 0.3) is 5.89 Å². The molecule has 1 aliphatic heterocycles. The van der Waals surface area contributed by atoms with Crippen LogP contribution in [0, 0.1) is 0 Å². The zero-order valence-electron chi connectivity index (χ0n) is 10.2. The van der Waals surface area contributed by atoms with Gasteiger partial charge in [0.15, 0.2) is 5.82 Å². The Hall–Kier alpha value is -1.88. The summed E-state index contributed by atoms with van der Waals surface area (Å²) in [6.45, 7) is 2.74. The van der Waals surface area contributed by atoms with Crippen molar-refractivity contribution in [2.75, 3.05) is 6.61 Å². The van der Waals surface area contributed by atoms with E-state index in [2.05, 4.69) is 10.1 Å². The zero-order valence-corrected chi connectivity index (χ0v) is 10.2. The molecule has 1 unspecified atom stereocenters. The summed E-state index contributed by atoms with van der Waals surface area (Å²) in [4.78, 5) is 4.33. The minimum atomic E-state index is -0.166. The summed E-state index contributed by atoms with van der Waals surface area (Å²) < 4.78 is 10.7. The highest BCUT2D eigenvalue weighted by Gasteiger charge is 2.17. The summed E-state index contributed by atoms with van der Waals surface area (Å²) in [5, 5.41) is 3.91. The van der Waals surface area contributed by atoms with E-state index in [-0.39, 0.29) is 6.04 Å². The monoisotopic (exact) mass is 245 g/mol. The van der Waals surface area contributed by atoms with Gasteiger partial charge >= 0.3 is 0 Å². The Balaban J connectivity index is 1.92. The number of hydrogen-bond acceptors (Lipinski definition) is 5. The van der Waals surface area contributed by atoms with Crippen LogP contribution in [0.2, 0.25) is 0 Å². The van der Waals surface area contributed by atoms with Gasteiger partial charge in [0.2, 0.25) is 0 Å². The van der Waals surface area contributed by atoms with Gasteiger partial charge in [-0.2, -0.15) is 4.98 Å². The summed E-state index contributed by atoms with van der Waals surface area (Å²) >= 11 is 0. The lowest BCUT2D eigenvalue weighted by Crippen LogP contribution is -2.10. The van der Waals surface area contributed by atoms with Gasteiger partial charge in [-0.25, -0.2) is 0 Å². The molecule has 5 nitrogen and oxygen atoms in total. The maximum Gasteiger partial charge on any atom is 0.257 e. The first-order chi connectivity index (χ1) is 8.78. The number of fused-ring (bicyclic) bond motifs is 1. The highest BCUT2D eigenvalue weighted by Crippen LogP contribution is 2.30. The Morgan fingerprint density at radius 3 is 3.17 bits per heavy atom. The normalized spacial score (nSPS) is 15.2. The third kappa shape index (κ3) is 1.86. The molecule has 1 aliphatic rings. The fraction of sp³-hybridized carbons (Fsp3) is 0.385. The van der Waals surface area contributed by atoms with Crippen LogP contribution in [0.3, 0.4) is 0 Å². The molecule has 1 aromatic heterocycles. The molecule has 1 atom stereocenters. The number of hydrogen-bond donors (Lipinski definition) is 1. The molecule has 2 aromatic rings. The second-order valence-corrected chi connectivity index (χ2v) is 4.39. The van der Waals surface area contributed by atoms with Gasteiger partial charge in [-0.3, -0.25) is 0 Å². The van der Waals surface area contributed by atoms with Crippen molar-refractivity contribution in [3.63, 3.8) is 0 Å². The Morgan fingerprint density at radius 1 is 1.44 bits per heavy atom. The second-order valence-electron chi connectivity index (χ2n) is 4.39. The molecule has 5 heteroatoms. The van der Waals surface area contributed by atoms with Crippen LogP contribution in [0.4, 0.5) is 0 Å². The van der Waals surface area contributed by atoms with Crippen LogP contribution in [0.1, 0.15) is 30.8 Å². The molecule has 0 spiro atoms. The van der Waals surface area contributed by atoms with E-state index < -0.39 is 0 Å². The van der Waals surface area contributed by atoms with E-state index in [1.54, 1.807) is 0 Å². The average Bonchev–Trinajstić information content (AvgIpc) is 3.05. The third-order valence-electron chi connectivity index (χ3n) is 3.15. The summed E-state index contributed by atoms with van der Waals surface area (Å²) in [5.41, 5.74) is 7.98. The summed E-state index contributed by atoms with van der Waals surface area (Å²) in [6, 6.07) is 5.75. The van der Waals surface area contributed by atoms with Crippen molar-refractivity contribution in [3.05, 3.63) is 29.6 Å². The highest BCUT2D eigenvalue weighted by molar-refractivity contribution is 5.58. The van der Waals surface area contributed by atoms with Crippen LogP contribution in [-0.2, 0) is 6.42 Å². The smallest absolute Gasteiger partial charge is 0.257 e. The summed E-state index contributed by atoms with van der Waals surface area (Å²) in [5.74, 6) is 2.02. The standard InChI is InChI=1S/C13H15N3O2/c1-2-10(14)12-15-13(18-16-12)9-3-4-11-8(7-9)5-6-17-11/h3-4,7,10H,2,5-6,14H2,1H3. The van der Waals surface area contributed by atoms with Gasteiger partial charge in [-0.1, -0.05) is 12.1 Å². The maximum absolute atomic E-state index is 5.87. The van der Waals surface area contributed by atoms with Crippen LogP contribution in [-0.4, -0.2) is 16.7 Å². The SMILES string of the molecule is CCC(N)c1noc(-c2ccc3c(c2)CCO3)n1. The van der Waals surface area contributed by atoms with E-state index in [0.717, 1.165) is 30.8 Å². The van der Waals surface area contributed by atoms with Crippen LogP contribution >= 0.6 is 0 Å². The predicted molar refractivity (Wildman–Crippen MR) is 66.2 cm³/mol. The van der Waals surface area contributed by atoms with Gasteiger partial charge in [-0.05, 0) is 30.2 Å². The summed E-state index contributed by atoms with van der Waals surface area (Å²) in [7, 11) is 0. The third-order valence-corrected chi connectivity index (χ3v) is 3.15. The molecule has 94 valence electrons. The number of ether oxygens (including phenoxy) is 1. The van der Waals surface area contributed by atoms with Crippen molar-refractivity contribution < 1.29 is 9.26 Å². The van der Waals surface area contributed by atoms with Crippen molar-refractivity contribution in [3.8, 4) is 17.2 Å². The molecule has 0 saturated heterocycles. The van der Waals surface area contributed by atoms with Gasteiger partial charge < -0.3 is 15.0 Å². The Labute approximate surface area is 105 Å².